The highest BCUT2D eigenvalue weighted by molar-refractivity contribution is 7.89. The van der Waals surface area contributed by atoms with Crippen LogP contribution in [0.25, 0.3) is 0 Å². The highest BCUT2D eigenvalue weighted by atomic mass is 32.2. The van der Waals surface area contributed by atoms with Gasteiger partial charge < -0.3 is 15.2 Å². The molecule has 0 aliphatic heterocycles. The quantitative estimate of drug-likeness (QED) is 0.715. The largest absolute Gasteiger partial charge is 0.383 e. The predicted molar refractivity (Wildman–Crippen MR) is 76.8 cm³/mol. The van der Waals surface area contributed by atoms with Gasteiger partial charge in [-0.1, -0.05) is 12.1 Å². The Morgan fingerprint density at radius 1 is 1.15 bits per heavy atom. The number of benzene rings is 1. The summed E-state index contributed by atoms with van der Waals surface area (Å²) in [5.74, 6) is 0. The summed E-state index contributed by atoms with van der Waals surface area (Å²) in [6.45, 7) is 1.54. The number of nitrogens with zero attached hydrogens (tertiary/aromatic N) is 1. The number of nitrogens with two attached hydrogens (primary N) is 1. The van der Waals surface area contributed by atoms with Gasteiger partial charge >= 0.3 is 0 Å². The number of rotatable bonds is 9. The summed E-state index contributed by atoms with van der Waals surface area (Å²) in [4.78, 5) is 0.243. The molecule has 0 saturated carbocycles. The molecule has 7 heteroatoms. The number of ether oxygens (including phenoxy) is 2. The summed E-state index contributed by atoms with van der Waals surface area (Å²) in [6.07, 6.45) is 0. The average Bonchev–Trinajstić information content (AvgIpc) is 2.47. The van der Waals surface area contributed by atoms with Crippen molar-refractivity contribution in [1.29, 1.82) is 0 Å². The van der Waals surface area contributed by atoms with Crippen LogP contribution in [0.5, 0.6) is 0 Å². The van der Waals surface area contributed by atoms with Gasteiger partial charge in [0.05, 0.1) is 18.1 Å². The Kier molecular flexibility index (Phi) is 7.11. The van der Waals surface area contributed by atoms with E-state index in [0.717, 1.165) is 5.56 Å². The van der Waals surface area contributed by atoms with Gasteiger partial charge in [-0.25, -0.2) is 8.42 Å². The summed E-state index contributed by atoms with van der Waals surface area (Å²) >= 11 is 0. The zero-order valence-corrected chi connectivity index (χ0v) is 12.7. The normalized spacial score (nSPS) is 12.0. The van der Waals surface area contributed by atoms with Crippen LogP contribution in [-0.2, 0) is 26.0 Å². The molecule has 114 valence electrons. The van der Waals surface area contributed by atoms with Crippen molar-refractivity contribution in [3.63, 3.8) is 0 Å². The highest BCUT2D eigenvalue weighted by Crippen LogP contribution is 2.16. The van der Waals surface area contributed by atoms with Crippen LogP contribution < -0.4 is 5.73 Å². The molecule has 0 amide bonds. The van der Waals surface area contributed by atoms with Crippen molar-refractivity contribution in [2.75, 3.05) is 40.5 Å². The molecule has 1 aromatic rings. The van der Waals surface area contributed by atoms with Crippen LogP contribution in [0.1, 0.15) is 5.56 Å². The van der Waals surface area contributed by atoms with Crippen LogP contribution in [0.3, 0.4) is 0 Å². The standard InChI is InChI=1S/C13H22N2O4S/c1-18-8-6-15(7-9-19-2)20(16,17)13-5-3-4-12(10-13)11-14/h3-5,10H,6-9,11,14H2,1-2H3. The fourth-order valence-electron chi connectivity index (χ4n) is 1.72. The number of hydrogen-bond donors (Lipinski definition) is 1. The van der Waals surface area contributed by atoms with Crippen molar-refractivity contribution in [2.45, 2.75) is 11.4 Å². The predicted octanol–water partition coefficient (Wildman–Crippen LogP) is 0.429. The van der Waals surface area contributed by atoms with E-state index < -0.39 is 10.0 Å². The van der Waals surface area contributed by atoms with E-state index in [2.05, 4.69) is 0 Å². The Morgan fingerprint density at radius 2 is 1.75 bits per heavy atom. The van der Waals surface area contributed by atoms with Gasteiger partial charge in [-0.15, -0.1) is 0 Å². The van der Waals surface area contributed by atoms with E-state index >= 15 is 0 Å². The third-order valence-corrected chi connectivity index (χ3v) is 4.76. The van der Waals surface area contributed by atoms with Gasteiger partial charge in [0, 0.05) is 33.9 Å². The molecule has 0 unspecified atom stereocenters. The fourth-order valence-corrected chi connectivity index (χ4v) is 3.20. The van der Waals surface area contributed by atoms with Crippen molar-refractivity contribution in [3.8, 4) is 0 Å². The molecule has 6 nitrogen and oxygen atoms in total. The first-order valence-electron chi connectivity index (χ1n) is 6.33. The van der Waals surface area contributed by atoms with E-state index in [1.165, 1.54) is 18.5 Å². The van der Waals surface area contributed by atoms with Crippen LogP contribution in [-0.4, -0.2) is 53.2 Å². The molecule has 0 fully saturated rings. The molecule has 0 spiro atoms. The Morgan fingerprint density at radius 3 is 2.25 bits per heavy atom. The van der Waals surface area contributed by atoms with Crippen molar-refractivity contribution < 1.29 is 17.9 Å². The summed E-state index contributed by atoms with van der Waals surface area (Å²) in [7, 11) is -0.485. The molecule has 0 aliphatic carbocycles. The Bertz CT molecular complexity index is 497. The van der Waals surface area contributed by atoms with Gasteiger partial charge in [-0.05, 0) is 17.7 Å². The molecule has 2 N–H and O–H groups in total. The molecule has 0 radical (unpaired) electrons. The molecule has 1 rings (SSSR count). The van der Waals surface area contributed by atoms with Crippen LogP contribution in [0.15, 0.2) is 29.2 Å². The van der Waals surface area contributed by atoms with Crippen molar-refractivity contribution >= 4 is 10.0 Å². The first-order chi connectivity index (χ1) is 9.56. The van der Waals surface area contributed by atoms with E-state index in [9.17, 15) is 8.42 Å². The second kappa shape index (κ2) is 8.33. The topological polar surface area (TPSA) is 81.9 Å². The van der Waals surface area contributed by atoms with E-state index in [4.69, 9.17) is 15.2 Å². The van der Waals surface area contributed by atoms with E-state index in [0.29, 0.717) is 19.8 Å². The van der Waals surface area contributed by atoms with Gasteiger partial charge in [0.25, 0.3) is 0 Å². The van der Waals surface area contributed by atoms with Gasteiger partial charge in [0.2, 0.25) is 10.0 Å². The molecule has 20 heavy (non-hydrogen) atoms. The zero-order valence-electron chi connectivity index (χ0n) is 11.9. The lowest BCUT2D eigenvalue weighted by Gasteiger charge is -2.21. The molecule has 0 aliphatic rings. The molecule has 0 saturated heterocycles. The SMILES string of the molecule is COCCN(CCOC)S(=O)(=O)c1cccc(CN)c1. The maximum atomic E-state index is 12.6. The van der Waals surface area contributed by atoms with Crippen molar-refractivity contribution in [1.82, 2.24) is 4.31 Å². The monoisotopic (exact) mass is 302 g/mol. The minimum atomic E-state index is -3.56. The Balaban J connectivity index is 3.00. The van der Waals surface area contributed by atoms with Gasteiger partial charge in [0.15, 0.2) is 0 Å². The lowest BCUT2D eigenvalue weighted by molar-refractivity contribution is 0.150. The van der Waals surface area contributed by atoms with Gasteiger partial charge in [0.1, 0.15) is 0 Å². The first kappa shape index (κ1) is 17.1. The summed E-state index contributed by atoms with van der Waals surface area (Å²) < 4.78 is 36.5. The second-order valence-corrected chi connectivity index (χ2v) is 6.18. The van der Waals surface area contributed by atoms with E-state index in [1.54, 1.807) is 24.3 Å². The fraction of sp³-hybridized carbons (Fsp3) is 0.538. The maximum absolute atomic E-state index is 12.6. The minimum Gasteiger partial charge on any atom is -0.383 e. The molecule has 0 aromatic heterocycles. The zero-order chi connectivity index (χ0) is 15.0. The smallest absolute Gasteiger partial charge is 0.243 e. The molecular formula is C13H22N2O4S. The molecule has 1 aromatic carbocycles. The second-order valence-electron chi connectivity index (χ2n) is 4.24. The Hall–Kier alpha value is -0.990. The van der Waals surface area contributed by atoms with Gasteiger partial charge in [-0.2, -0.15) is 4.31 Å². The molecular weight excluding hydrogens is 280 g/mol. The number of methoxy groups -OCH3 is 2. The number of sulfonamides is 1. The molecule has 0 bridgehead atoms. The third kappa shape index (κ3) is 4.53. The van der Waals surface area contributed by atoms with Crippen LogP contribution >= 0.6 is 0 Å². The summed E-state index contributed by atoms with van der Waals surface area (Å²) in [5, 5.41) is 0. The summed E-state index contributed by atoms with van der Waals surface area (Å²) in [5.41, 5.74) is 6.33. The van der Waals surface area contributed by atoms with E-state index in [-0.39, 0.29) is 18.0 Å². The maximum Gasteiger partial charge on any atom is 0.243 e. The third-order valence-electron chi connectivity index (χ3n) is 2.86. The minimum absolute atomic E-state index is 0.243. The summed E-state index contributed by atoms with van der Waals surface area (Å²) in [6, 6.07) is 6.66. The lowest BCUT2D eigenvalue weighted by atomic mass is 10.2. The lowest BCUT2D eigenvalue weighted by Crippen LogP contribution is -2.36. The number of hydrogen-bond acceptors (Lipinski definition) is 5. The average molecular weight is 302 g/mol. The van der Waals surface area contributed by atoms with Crippen molar-refractivity contribution in [3.05, 3.63) is 29.8 Å². The molecule has 0 atom stereocenters. The van der Waals surface area contributed by atoms with Crippen LogP contribution in [0, 0.1) is 0 Å². The van der Waals surface area contributed by atoms with Gasteiger partial charge in [-0.3, -0.25) is 0 Å². The Labute approximate surface area is 120 Å². The van der Waals surface area contributed by atoms with Crippen LogP contribution in [0.4, 0.5) is 0 Å². The highest BCUT2D eigenvalue weighted by Gasteiger charge is 2.24. The van der Waals surface area contributed by atoms with Crippen molar-refractivity contribution in [2.24, 2.45) is 5.73 Å². The van der Waals surface area contributed by atoms with E-state index in [1.807, 2.05) is 0 Å². The molecule has 0 heterocycles. The first-order valence-corrected chi connectivity index (χ1v) is 7.77. The van der Waals surface area contributed by atoms with Crippen LogP contribution in [0.2, 0.25) is 0 Å².